The molecule has 1 N–H and O–H groups in total. The zero-order chi connectivity index (χ0) is 17.9. The maximum atomic E-state index is 13.6. The number of carbonyl (C=O) groups excluding carboxylic acids is 1. The normalized spacial score (nSPS) is 14.3. The van der Waals surface area contributed by atoms with Crippen LogP contribution in [0.25, 0.3) is 16.5 Å². The molecule has 0 aliphatic carbocycles. The summed E-state index contributed by atoms with van der Waals surface area (Å²) in [6, 6.07) is 14.3. The summed E-state index contributed by atoms with van der Waals surface area (Å²) in [5.74, 6) is -0.490. The highest BCUT2D eigenvalue weighted by Gasteiger charge is 2.20. The Morgan fingerprint density at radius 1 is 1.15 bits per heavy atom. The van der Waals surface area contributed by atoms with Crippen LogP contribution in [0.3, 0.4) is 0 Å². The van der Waals surface area contributed by atoms with Gasteiger partial charge in [-0.25, -0.2) is 4.39 Å². The van der Waals surface area contributed by atoms with Crippen molar-refractivity contribution in [3.8, 4) is 5.75 Å². The third kappa shape index (κ3) is 3.20. The van der Waals surface area contributed by atoms with Crippen LogP contribution in [0, 0.1) is 5.82 Å². The monoisotopic (exact) mass is 350 g/mol. The van der Waals surface area contributed by atoms with E-state index in [0.717, 1.165) is 11.9 Å². The van der Waals surface area contributed by atoms with Crippen molar-refractivity contribution in [3.63, 3.8) is 0 Å². The predicted molar refractivity (Wildman–Crippen MR) is 99.4 cm³/mol. The Morgan fingerprint density at radius 3 is 2.77 bits per heavy atom. The SMILES string of the molecule is O=C(COc1ccccc1F)N1CC=C(c2c[nH]c3ccccc23)CC1. The van der Waals surface area contributed by atoms with Crippen LogP contribution in [-0.4, -0.2) is 35.5 Å². The highest BCUT2D eigenvalue weighted by Crippen LogP contribution is 2.29. The molecule has 2 aromatic carbocycles. The molecule has 0 fully saturated rings. The number of benzene rings is 2. The summed E-state index contributed by atoms with van der Waals surface area (Å²) in [5, 5.41) is 1.20. The highest BCUT2D eigenvalue weighted by molar-refractivity contribution is 5.93. The first-order valence-electron chi connectivity index (χ1n) is 8.63. The van der Waals surface area contributed by atoms with Crippen molar-refractivity contribution >= 4 is 22.4 Å². The van der Waals surface area contributed by atoms with Gasteiger partial charge in [-0.2, -0.15) is 0 Å². The number of para-hydroxylation sites is 2. The highest BCUT2D eigenvalue weighted by atomic mass is 19.1. The lowest BCUT2D eigenvalue weighted by molar-refractivity contribution is -0.132. The second-order valence-corrected chi connectivity index (χ2v) is 6.29. The average molecular weight is 350 g/mol. The number of H-pyrrole nitrogens is 1. The third-order valence-corrected chi connectivity index (χ3v) is 4.68. The molecule has 26 heavy (non-hydrogen) atoms. The molecule has 0 unspecified atom stereocenters. The van der Waals surface area contributed by atoms with Crippen molar-refractivity contribution in [1.82, 2.24) is 9.88 Å². The Bertz CT molecular complexity index is 977. The number of aromatic nitrogens is 1. The van der Waals surface area contributed by atoms with Crippen LogP contribution in [0.2, 0.25) is 0 Å². The molecule has 1 amide bonds. The summed E-state index contributed by atoms with van der Waals surface area (Å²) in [7, 11) is 0. The van der Waals surface area contributed by atoms with Gasteiger partial charge < -0.3 is 14.6 Å². The predicted octanol–water partition coefficient (Wildman–Crippen LogP) is 4.00. The summed E-state index contributed by atoms with van der Waals surface area (Å²) < 4.78 is 18.9. The van der Waals surface area contributed by atoms with E-state index >= 15 is 0 Å². The Hall–Kier alpha value is -3.08. The summed E-state index contributed by atoms with van der Waals surface area (Å²) in [6.07, 6.45) is 4.89. The fraction of sp³-hybridized carbons (Fsp3) is 0.190. The lowest BCUT2D eigenvalue weighted by atomic mass is 9.99. The minimum atomic E-state index is -0.458. The molecule has 3 aromatic rings. The van der Waals surface area contributed by atoms with Gasteiger partial charge in [-0.05, 0) is 30.2 Å². The van der Waals surface area contributed by atoms with Gasteiger partial charge in [0, 0.05) is 35.8 Å². The molecule has 0 saturated heterocycles. The Labute approximate surface area is 150 Å². The fourth-order valence-electron chi connectivity index (χ4n) is 3.27. The molecule has 132 valence electrons. The minimum Gasteiger partial charge on any atom is -0.481 e. The maximum Gasteiger partial charge on any atom is 0.260 e. The molecule has 4 nitrogen and oxygen atoms in total. The van der Waals surface area contributed by atoms with Crippen LogP contribution in [0.15, 0.2) is 60.8 Å². The molecule has 0 atom stereocenters. The number of carbonyl (C=O) groups is 1. The van der Waals surface area contributed by atoms with Gasteiger partial charge in [0.2, 0.25) is 0 Å². The summed E-state index contributed by atoms with van der Waals surface area (Å²) >= 11 is 0. The molecule has 1 aliphatic heterocycles. The molecular formula is C21H19FN2O2. The molecule has 1 aliphatic rings. The molecule has 0 spiro atoms. The van der Waals surface area contributed by atoms with Gasteiger partial charge in [0.05, 0.1) is 0 Å². The van der Waals surface area contributed by atoms with Crippen LogP contribution >= 0.6 is 0 Å². The van der Waals surface area contributed by atoms with E-state index in [9.17, 15) is 9.18 Å². The Morgan fingerprint density at radius 2 is 1.96 bits per heavy atom. The van der Waals surface area contributed by atoms with E-state index in [4.69, 9.17) is 4.74 Å². The molecule has 4 rings (SSSR count). The minimum absolute atomic E-state index is 0.105. The first kappa shape index (κ1) is 16.4. The van der Waals surface area contributed by atoms with Gasteiger partial charge in [0.1, 0.15) is 0 Å². The van der Waals surface area contributed by atoms with E-state index in [2.05, 4.69) is 23.2 Å². The second-order valence-electron chi connectivity index (χ2n) is 6.29. The van der Waals surface area contributed by atoms with Crippen LogP contribution in [0.5, 0.6) is 5.75 Å². The Kier molecular flexibility index (Phi) is 4.44. The Balaban J connectivity index is 1.41. The number of halogens is 1. The number of fused-ring (bicyclic) bond motifs is 1. The lowest BCUT2D eigenvalue weighted by Gasteiger charge is -2.26. The van der Waals surface area contributed by atoms with E-state index < -0.39 is 5.82 Å². The summed E-state index contributed by atoms with van der Waals surface area (Å²) in [4.78, 5) is 17.4. The van der Waals surface area contributed by atoms with Gasteiger partial charge in [0.25, 0.3) is 5.91 Å². The van der Waals surface area contributed by atoms with Crippen LogP contribution in [-0.2, 0) is 4.79 Å². The van der Waals surface area contributed by atoms with Crippen LogP contribution in [0.4, 0.5) is 4.39 Å². The van der Waals surface area contributed by atoms with Gasteiger partial charge in [-0.15, -0.1) is 0 Å². The molecule has 0 bridgehead atoms. The van der Waals surface area contributed by atoms with E-state index in [0.29, 0.717) is 13.1 Å². The number of hydrogen-bond acceptors (Lipinski definition) is 2. The molecule has 1 aromatic heterocycles. The van der Waals surface area contributed by atoms with E-state index in [1.807, 2.05) is 18.3 Å². The average Bonchev–Trinajstić information content (AvgIpc) is 3.11. The van der Waals surface area contributed by atoms with Gasteiger partial charge in [-0.3, -0.25) is 4.79 Å². The van der Waals surface area contributed by atoms with Crippen LogP contribution < -0.4 is 4.74 Å². The topological polar surface area (TPSA) is 45.3 Å². The standard InChI is InChI=1S/C21H19FN2O2/c22-18-6-2-4-8-20(18)26-14-21(25)24-11-9-15(10-12-24)17-13-23-19-7-3-1-5-16(17)19/h1-9,13,23H,10-12,14H2. The first-order valence-corrected chi connectivity index (χ1v) is 8.63. The summed E-state index contributed by atoms with van der Waals surface area (Å²) in [6.45, 7) is 1.01. The van der Waals surface area contributed by atoms with Crippen molar-refractivity contribution < 1.29 is 13.9 Å². The molecular weight excluding hydrogens is 331 g/mol. The lowest BCUT2D eigenvalue weighted by Crippen LogP contribution is -2.37. The number of amides is 1. The number of nitrogens with zero attached hydrogens (tertiary/aromatic N) is 1. The number of rotatable bonds is 4. The third-order valence-electron chi connectivity index (χ3n) is 4.68. The zero-order valence-corrected chi connectivity index (χ0v) is 14.2. The van der Waals surface area contributed by atoms with Crippen molar-refractivity contribution in [2.24, 2.45) is 0 Å². The molecule has 5 heteroatoms. The van der Waals surface area contributed by atoms with E-state index in [-0.39, 0.29) is 18.3 Å². The largest absolute Gasteiger partial charge is 0.481 e. The smallest absolute Gasteiger partial charge is 0.260 e. The van der Waals surface area contributed by atoms with Crippen LogP contribution in [0.1, 0.15) is 12.0 Å². The second kappa shape index (κ2) is 7.04. The first-order chi connectivity index (χ1) is 12.7. The number of nitrogens with one attached hydrogen (secondary N) is 1. The maximum absolute atomic E-state index is 13.6. The molecule has 0 saturated carbocycles. The van der Waals surface area contributed by atoms with Crippen molar-refractivity contribution in [3.05, 3.63) is 72.2 Å². The number of ether oxygens (including phenoxy) is 1. The molecule has 2 heterocycles. The van der Waals surface area contributed by atoms with Gasteiger partial charge >= 0.3 is 0 Å². The number of hydrogen-bond donors (Lipinski definition) is 1. The fourth-order valence-corrected chi connectivity index (χ4v) is 3.27. The zero-order valence-electron chi connectivity index (χ0n) is 14.2. The van der Waals surface area contributed by atoms with Gasteiger partial charge in [0.15, 0.2) is 18.2 Å². The quantitative estimate of drug-likeness (QED) is 0.773. The van der Waals surface area contributed by atoms with Crippen molar-refractivity contribution in [2.75, 3.05) is 19.7 Å². The van der Waals surface area contributed by atoms with Crippen molar-refractivity contribution in [1.29, 1.82) is 0 Å². The van der Waals surface area contributed by atoms with E-state index in [1.165, 1.54) is 28.7 Å². The van der Waals surface area contributed by atoms with Crippen molar-refractivity contribution in [2.45, 2.75) is 6.42 Å². The van der Waals surface area contributed by atoms with Gasteiger partial charge in [-0.1, -0.05) is 36.4 Å². The van der Waals surface area contributed by atoms with E-state index in [1.54, 1.807) is 17.0 Å². The molecule has 0 radical (unpaired) electrons. The summed E-state index contributed by atoms with van der Waals surface area (Å²) in [5.41, 5.74) is 3.54. The number of aromatic amines is 1.